The number of halogens is 3. The normalized spacial score (nSPS) is 10.5. The molecule has 0 aromatic heterocycles. The van der Waals surface area contributed by atoms with Crippen molar-refractivity contribution in [3.8, 4) is 11.5 Å². The third kappa shape index (κ3) is 5.56. The zero-order valence-corrected chi connectivity index (χ0v) is 16.1. The van der Waals surface area contributed by atoms with Crippen molar-refractivity contribution in [1.29, 1.82) is 0 Å². The van der Waals surface area contributed by atoms with Gasteiger partial charge in [0.15, 0.2) is 18.1 Å². The van der Waals surface area contributed by atoms with Crippen LogP contribution < -0.4 is 14.8 Å². The number of methoxy groups -OCH3 is 1. The van der Waals surface area contributed by atoms with Gasteiger partial charge in [0, 0.05) is 6.07 Å². The molecular weight excluding hydrogens is 396 g/mol. The van der Waals surface area contributed by atoms with Gasteiger partial charge in [0.25, 0.3) is 5.91 Å². The topological polar surface area (TPSA) is 73.9 Å². The summed E-state index contributed by atoms with van der Waals surface area (Å²) in [6.07, 6.45) is -0.170. The summed E-state index contributed by atoms with van der Waals surface area (Å²) in [6, 6.07) is 5.26. The van der Waals surface area contributed by atoms with Crippen LogP contribution in [-0.2, 0) is 9.53 Å². The molecule has 6 nitrogen and oxygen atoms in total. The Balaban J connectivity index is 2.05. The molecule has 2 rings (SSSR count). The molecule has 2 aromatic carbocycles. The van der Waals surface area contributed by atoms with Gasteiger partial charge in [-0.15, -0.1) is 0 Å². The lowest BCUT2D eigenvalue weighted by Gasteiger charge is -2.16. The molecule has 0 bridgehead atoms. The molecule has 2 aromatic rings. The molecule has 0 fully saturated rings. The number of carbonyl (C=O) groups excluding carboxylic acids is 2. The second-order valence-electron chi connectivity index (χ2n) is 5.90. The highest BCUT2D eigenvalue weighted by Crippen LogP contribution is 2.37. The number of esters is 1. The minimum Gasteiger partial charge on any atom is -0.493 e. The van der Waals surface area contributed by atoms with Crippen molar-refractivity contribution in [2.24, 2.45) is 0 Å². The third-order valence-electron chi connectivity index (χ3n) is 3.36. The van der Waals surface area contributed by atoms with Crippen molar-refractivity contribution in [2.75, 3.05) is 19.0 Å². The van der Waals surface area contributed by atoms with Crippen LogP contribution in [0.4, 0.5) is 14.5 Å². The number of nitrogens with one attached hydrogen (secondary N) is 1. The molecule has 9 heteroatoms. The molecule has 0 aliphatic heterocycles. The van der Waals surface area contributed by atoms with Crippen LogP contribution in [0.15, 0.2) is 30.3 Å². The molecule has 1 amide bonds. The number of hydrogen-bond acceptors (Lipinski definition) is 5. The average Bonchev–Trinajstić information content (AvgIpc) is 2.63. The van der Waals surface area contributed by atoms with Gasteiger partial charge in [-0.25, -0.2) is 13.6 Å². The molecule has 0 spiro atoms. The van der Waals surface area contributed by atoms with E-state index in [1.807, 2.05) is 0 Å². The van der Waals surface area contributed by atoms with Gasteiger partial charge in [0.1, 0.15) is 11.6 Å². The van der Waals surface area contributed by atoms with Crippen LogP contribution in [0.25, 0.3) is 0 Å². The van der Waals surface area contributed by atoms with Crippen LogP contribution in [0, 0.1) is 11.6 Å². The minimum absolute atomic E-state index is 0.0303. The maximum Gasteiger partial charge on any atom is 0.338 e. The van der Waals surface area contributed by atoms with Crippen LogP contribution in [0.5, 0.6) is 11.5 Å². The molecule has 0 saturated carbocycles. The zero-order chi connectivity index (χ0) is 20.8. The van der Waals surface area contributed by atoms with E-state index in [2.05, 4.69) is 5.32 Å². The smallest absolute Gasteiger partial charge is 0.338 e. The Kier molecular flexibility index (Phi) is 7.17. The first-order chi connectivity index (χ1) is 13.2. The van der Waals surface area contributed by atoms with Crippen LogP contribution in [0.3, 0.4) is 0 Å². The van der Waals surface area contributed by atoms with Gasteiger partial charge < -0.3 is 19.5 Å². The summed E-state index contributed by atoms with van der Waals surface area (Å²) in [6.45, 7) is 2.90. The second kappa shape index (κ2) is 9.36. The number of hydrogen-bond donors (Lipinski definition) is 1. The predicted octanol–water partition coefficient (Wildman–Crippen LogP) is 4.21. The van der Waals surface area contributed by atoms with Crippen molar-refractivity contribution in [3.63, 3.8) is 0 Å². The predicted molar refractivity (Wildman–Crippen MR) is 99.0 cm³/mol. The van der Waals surface area contributed by atoms with Gasteiger partial charge in [-0.3, -0.25) is 4.79 Å². The van der Waals surface area contributed by atoms with Gasteiger partial charge in [-0.1, -0.05) is 11.6 Å². The Bertz CT molecular complexity index is 889. The van der Waals surface area contributed by atoms with E-state index >= 15 is 0 Å². The van der Waals surface area contributed by atoms with Gasteiger partial charge in [-0.05, 0) is 38.1 Å². The number of carbonyl (C=O) groups is 2. The molecule has 0 atom stereocenters. The summed E-state index contributed by atoms with van der Waals surface area (Å²) in [5.41, 5.74) is -0.330. The molecule has 0 aliphatic rings. The van der Waals surface area contributed by atoms with Crippen molar-refractivity contribution in [3.05, 3.63) is 52.6 Å². The molecule has 1 N–H and O–H groups in total. The SMILES string of the molecule is COc1cc(C(=O)OCC(=O)Nc2cc(F)ccc2F)cc(Cl)c1OC(C)C. The molecular formula is C19H18ClF2NO5. The zero-order valence-electron chi connectivity index (χ0n) is 15.3. The lowest BCUT2D eigenvalue weighted by atomic mass is 10.2. The molecule has 0 saturated heterocycles. The van der Waals surface area contributed by atoms with Crippen LogP contribution in [-0.4, -0.2) is 31.7 Å². The number of benzene rings is 2. The molecule has 0 heterocycles. The van der Waals surface area contributed by atoms with E-state index in [1.54, 1.807) is 13.8 Å². The minimum atomic E-state index is -0.855. The maximum atomic E-state index is 13.5. The molecule has 0 unspecified atom stereocenters. The third-order valence-corrected chi connectivity index (χ3v) is 3.64. The number of ether oxygens (including phenoxy) is 3. The fourth-order valence-corrected chi connectivity index (χ4v) is 2.44. The summed E-state index contributed by atoms with van der Waals surface area (Å²) in [5, 5.41) is 2.25. The Labute approximate surface area is 165 Å². The number of rotatable bonds is 7. The maximum absolute atomic E-state index is 13.5. The standard InChI is InChI=1S/C19H18ClF2NO5/c1-10(2)28-18-13(20)6-11(7-16(18)26-3)19(25)27-9-17(24)23-15-8-12(21)4-5-14(15)22/h4-8,10H,9H2,1-3H3,(H,23,24). The highest BCUT2D eigenvalue weighted by molar-refractivity contribution is 6.32. The summed E-state index contributed by atoms with van der Waals surface area (Å²) in [7, 11) is 1.38. The summed E-state index contributed by atoms with van der Waals surface area (Å²) >= 11 is 6.13. The van der Waals surface area contributed by atoms with E-state index in [0.717, 1.165) is 18.2 Å². The van der Waals surface area contributed by atoms with E-state index in [4.69, 9.17) is 25.8 Å². The summed E-state index contributed by atoms with van der Waals surface area (Å²) < 4.78 is 42.2. The Morgan fingerprint density at radius 2 is 1.89 bits per heavy atom. The van der Waals surface area contributed by atoms with Gasteiger partial charge >= 0.3 is 5.97 Å². The van der Waals surface area contributed by atoms with E-state index in [1.165, 1.54) is 19.2 Å². The van der Waals surface area contributed by atoms with Crippen LogP contribution in [0.1, 0.15) is 24.2 Å². The largest absolute Gasteiger partial charge is 0.493 e. The van der Waals surface area contributed by atoms with Crippen molar-refractivity contribution < 1.29 is 32.6 Å². The van der Waals surface area contributed by atoms with Gasteiger partial charge in [0.05, 0.1) is 29.5 Å². The summed E-state index contributed by atoms with van der Waals surface area (Å²) in [5.74, 6) is -2.74. The lowest BCUT2D eigenvalue weighted by Crippen LogP contribution is -2.21. The Morgan fingerprint density at radius 1 is 1.18 bits per heavy atom. The van der Waals surface area contributed by atoms with Crippen molar-refractivity contribution in [2.45, 2.75) is 20.0 Å². The number of anilines is 1. The Morgan fingerprint density at radius 3 is 2.54 bits per heavy atom. The van der Waals surface area contributed by atoms with Gasteiger partial charge in [0.2, 0.25) is 0 Å². The highest BCUT2D eigenvalue weighted by atomic mass is 35.5. The quantitative estimate of drug-likeness (QED) is 0.688. The number of amides is 1. The second-order valence-corrected chi connectivity index (χ2v) is 6.31. The van der Waals surface area contributed by atoms with E-state index in [-0.39, 0.29) is 33.9 Å². The lowest BCUT2D eigenvalue weighted by molar-refractivity contribution is -0.119. The van der Waals surface area contributed by atoms with Crippen LogP contribution in [0.2, 0.25) is 5.02 Å². The molecule has 0 radical (unpaired) electrons. The first-order valence-electron chi connectivity index (χ1n) is 8.17. The summed E-state index contributed by atoms with van der Waals surface area (Å²) in [4.78, 5) is 24.0. The van der Waals surface area contributed by atoms with E-state index in [9.17, 15) is 18.4 Å². The average molecular weight is 414 g/mol. The van der Waals surface area contributed by atoms with Crippen LogP contribution >= 0.6 is 11.6 Å². The van der Waals surface area contributed by atoms with E-state index in [0.29, 0.717) is 0 Å². The van der Waals surface area contributed by atoms with E-state index < -0.39 is 30.1 Å². The molecule has 150 valence electrons. The first-order valence-corrected chi connectivity index (χ1v) is 8.55. The highest BCUT2D eigenvalue weighted by Gasteiger charge is 2.19. The Hall–Kier alpha value is -2.87. The van der Waals surface area contributed by atoms with Crippen molar-refractivity contribution >= 4 is 29.2 Å². The van der Waals surface area contributed by atoms with Crippen molar-refractivity contribution in [1.82, 2.24) is 0 Å². The first kappa shape index (κ1) is 21.4. The molecule has 0 aliphatic carbocycles. The van der Waals surface area contributed by atoms with Gasteiger partial charge in [-0.2, -0.15) is 0 Å². The molecule has 28 heavy (non-hydrogen) atoms. The fraction of sp³-hybridized carbons (Fsp3) is 0.263. The monoisotopic (exact) mass is 413 g/mol. The fourth-order valence-electron chi connectivity index (χ4n) is 2.18.